The lowest BCUT2D eigenvalue weighted by Crippen LogP contribution is -2.50. The van der Waals surface area contributed by atoms with Gasteiger partial charge in [0, 0.05) is 37.6 Å². The highest BCUT2D eigenvalue weighted by atomic mass is 32.1. The second-order valence-corrected chi connectivity index (χ2v) is 6.79. The number of nitrogens with zero attached hydrogens (tertiary/aromatic N) is 2. The Morgan fingerprint density at radius 3 is 2.54 bits per heavy atom. The van der Waals surface area contributed by atoms with E-state index in [4.69, 9.17) is 4.74 Å². The maximum atomic E-state index is 12.2. The Morgan fingerprint density at radius 2 is 1.88 bits per heavy atom. The lowest BCUT2D eigenvalue weighted by Gasteiger charge is -2.35. The van der Waals surface area contributed by atoms with Crippen LogP contribution in [0.4, 0.5) is 0 Å². The average molecular weight is 346 g/mol. The van der Waals surface area contributed by atoms with E-state index in [9.17, 15) is 9.90 Å². The molecule has 1 fully saturated rings. The summed E-state index contributed by atoms with van der Waals surface area (Å²) in [6.45, 7) is 3.59. The third-order valence-corrected chi connectivity index (χ3v) is 5.11. The van der Waals surface area contributed by atoms with Crippen LogP contribution in [0.5, 0.6) is 5.75 Å². The number of carbonyl (C=O) groups excluding carboxylic acids is 1. The molecule has 2 aromatic rings. The number of hydrogen-bond acceptors (Lipinski definition) is 5. The zero-order valence-corrected chi connectivity index (χ0v) is 14.3. The first-order valence-corrected chi connectivity index (χ1v) is 9.00. The first-order chi connectivity index (χ1) is 11.7. The van der Waals surface area contributed by atoms with Crippen LogP contribution in [0.25, 0.3) is 0 Å². The Hall–Kier alpha value is -1.89. The fourth-order valence-corrected chi connectivity index (χ4v) is 3.45. The van der Waals surface area contributed by atoms with Crippen LogP contribution in [0.3, 0.4) is 0 Å². The molecule has 1 aromatic carbocycles. The Bertz CT molecular complexity index is 625. The number of aliphatic hydroxyl groups excluding tert-OH is 1. The molecule has 0 bridgehead atoms. The topological polar surface area (TPSA) is 53.0 Å². The largest absolute Gasteiger partial charge is 0.484 e. The Balaban J connectivity index is 1.40. The van der Waals surface area contributed by atoms with E-state index in [2.05, 4.69) is 4.90 Å². The van der Waals surface area contributed by atoms with Crippen molar-refractivity contribution in [2.45, 2.75) is 6.10 Å². The normalized spacial score (nSPS) is 16.8. The molecule has 0 radical (unpaired) electrons. The highest BCUT2D eigenvalue weighted by Crippen LogP contribution is 2.20. The molecular weight excluding hydrogens is 324 g/mol. The Kier molecular flexibility index (Phi) is 5.85. The molecule has 0 spiro atoms. The van der Waals surface area contributed by atoms with Crippen molar-refractivity contribution in [2.24, 2.45) is 0 Å². The van der Waals surface area contributed by atoms with Crippen molar-refractivity contribution >= 4 is 17.2 Å². The molecule has 1 N–H and O–H groups in total. The summed E-state index contributed by atoms with van der Waals surface area (Å²) in [5, 5.41) is 12.2. The van der Waals surface area contributed by atoms with Gasteiger partial charge in [0.05, 0.1) is 0 Å². The number of piperazine rings is 1. The average Bonchev–Trinajstić information content (AvgIpc) is 3.16. The van der Waals surface area contributed by atoms with Gasteiger partial charge in [-0.1, -0.05) is 24.3 Å². The van der Waals surface area contributed by atoms with E-state index in [1.165, 1.54) is 0 Å². The number of ether oxygens (including phenoxy) is 1. The molecule has 128 valence electrons. The smallest absolute Gasteiger partial charge is 0.260 e. The molecule has 5 nitrogen and oxygen atoms in total. The minimum Gasteiger partial charge on any atom is -0.484 e. The molecule has 2 heterocycles. The first kappa shape index (κ1) is 17.0. The zero-order valence-electron chi connectivity index (χ0n) is 13.5. The van der Waals surface area contributed by atoms with Crippen LogP contribution in [0, 0.1) is 0 Å². The summed E-state index contributed by atoms with van der Waals surface area (Å²) < 4.78 is 5.52. The number of carbonyl (C=O) groups is 1. The van der Waals surface area contributed by atoms with E-state index in [0.717, 1.165) is 18.0 Å². The predicted octanol–water partition coefficient (Wildman–Crippen LogP) is 2.00. The fraction of sp³-hybridized carbons (Fsp3) is 0.389. The monoisotopic (exact) mass is 346 g/mol. The summed E-state index contributed by atoms with van der Waals surface area (Å²) in [7, 11) is 0. The van der Waals surface area contributed by atoms with Gasteiger partial charge >= 0.3 is 0 Å². The number of rotatable bonds is 6. The molecule has 1 aromatic heterocycles. The molecule has 0 saturated carbocycles. The standard InChI is InChI=1S/C18H22N2O3S/c21-16(17-7-4-12-24-17)13-19-8-10-20(11-9-19)18(22)14-23-15-5-2-1-3-6-15/h1-7,12,16,21H,8-11,13-14H2/t16-/m0/s1. The summed E-state index contributed by atoms with van der Waals surface area (Å²) in [4.78, 5) is 17.2. The van der Waals surface area contributed by atoms with Crippen molar-refractivity contribution in [2.75, 3.05) is 39.3 Å². The number of amides is 1. The van der Waals surface area contributed by atoms with E-state index < -0.39 is 6.10 Å². The predicted molar refractivity (Wildman–Crippen MR) is 94.2 cm³/mol. The third kappa shape index (κ3) is 4.56. The van der Waals surface area contributed by atoms with Crippen LogP contribution in [-0.4, -0.2) is 60.1 Å². The molecule has 1 amide bonds. The number of β-amino-alcohol motifs (C(OH)–C–C–N with tert-alkyl or cyclic N) is 1. The molecule has 3 rings (SSSR count). The summed E-state index contributed by atoms with van der Waals surface area (Å²) in [5.41, 5.74) is 0. The van der Waals surface area contributed by atoms with Gasteiger partial charge in [0.25, 0.3) is 5.91 Å². The van der Waals surface area contributed by atoms with Gasteiger partial charge in [0.2, 0.25) is 0 Å². The number of aliphatic hydroxyl groups is 1. The number of thiophene rings is 1. The van der Waals surface area contributed by atoms with Gasteiger partial charge in [-0.15, -0.1) is 11.3 Å². The molecule has 1 saturated heterocycles. The highest BCUT2D eigenvalue weighted by molar-refractivity contribution is 7.10. The van der Waals surface area contributed by atoms with Crippen molar-refractivity contribution in [3.05, 3.63) is 52.7 Å². The number of benzene rings is 1. The molecule has 0 aliphatic carbocycles. The van der Waals surface area contributed by atoms with E-state index >= 15 is 0 Å². The summed E-state index contributed by atoms with van der Waals surface area (Å²) in [6, 6.07) is 13.3. The van der Waals surface area contributed by atoms with Gasteiger partial charge in [-0.2, -0.15) is 0 Å². The maximum Gasteiger partial charge on any atom is 0.260 e. The SMILES string of the molecule is O=C(COc1ccccc1)N1CCN(C[C@H](O)c2cccs2)CC1. The molecule has 24 heavy (non-hydrogen) atoms. The quantitative estimate of drug-likeness (QED) is 0.869. The molecule has 1 aliphatic heterocycles. The molecule has 6 heteroatoms. The van der Waals surface area contributed by atoms with E-state index in [1.807, 2.05) is 52.7 Å². The molecule has 1 aliphatic rings. The van der Waals surface area contributed by atoms with Crippen molar-refractivity contribution in [3.63, 3.8) is 0 Å². The van der Waals surface area contributed by atoms with Crippen LogP contribution < -0.4 is 4.74 Å². The van der Waals surface area contributed by atoms with Gasteiger partial charge in [-0.05, 0) is 23.6 Å². The Morgan fingerprint density at radius 1 is 1.12 bits per heavy atom. The van der Waals surface area contributed by atoms with Crippen molar-refractivity contribution in [3.8, 4) is 5.75 Å². The van der Waals surface area contributed by atoms with Crippen molar-refractivity contribution in [1.29, 1.82) is 0 Å². The van der Waals surface area contributed by atoms with Crippen LogP contribution in [-0.2, 0) is 4.79 Å². The van der Waals surface area contributed by atoms with E-state index in [1.54, 1.807) is 11.3 Å². The summed E-state index contributed by atoms with van der Waals surface area (Å²) in [6.07, 6.45) is -0.450. The van der Waals surface area contributed by atoms with Crippen LogP contribution in [0.15, 0.2) is 47.8 Å². The van der Waals surface area contributed by atoms with E-state index in [-0.39, 0.29) is 12.5 Å². The minimum absolute atomic E-state index is 0.0114. The van der Waals surface area contributed by atoms with Crippen LogP contribution in [0.2, 0.25) is 0 Å². The van der Waals surface area contributed by atoms with Gasteiger partial charge < -0.3 is 14.7 Å². The van der Waals surface area contributed by atoms with Gasteiger partial charge in [-0.3, -0.25) is 9.69 Å². The lowest BCUT2D eigenvalue weighted by molar-refractivity contribution is -0.135. The molecule has 1 atom stereocenters. The summed E-state index contributed by atoms with van der Waals surface area (Å²) in [5.74, 6) is 0.723. The fourth-order valence-electron chi connectivity index (χ4n) is 2.75. The maximum absolute atomic E-state index is 12.2. The Labute approximate surface area is 146 Å². The van der Waals surface area contributed by atoms with Gasteiger partial charge in [0.15, 0.2) is 6.61 Å². The zero-order chi connectivity index (χ0) is 16.8. The van der Waals surface area contributed by atoms with Crippen LogP contribution in [0.1, 0.15) is 11.0 Å². The first-order valence-electron chi connectivity index (χ1n) is 8.12. The van der Waals surface area contributed by atoms with Crippen LogP contribution >= 0.6 is 11.3 Å². The van der Waals surface area contributed by atoms with Gasteiger partial charge in [0.1, 0.15) is 11.9 Å². The second-order valence-electron chi connectivity index (χ2n) is 5.81. The minimum atomic E-state index is -0.450. The van der Waals surface area contributed by atoms with Gasteiger partial charge in [-0.25, -0.2) is 0 Å². The molecular formula is C18H22N2O3S. The number of para-hydroxylation sites is 1. The van der Waals surface area contributed by atoms with E-state index in [0.29, 0.717) is 25.4 Å². The second kappa shape index (κ2) is 8.28. The highest BCUT2D eigenvalue weighted by Gasteiger charge is 2.23. The lowest BCUT2D eigenvalue weighted by atomic mass is 10.2. The number of hydrogen-bond donors (Lipinski definition) is 1. The van der Waals surface area contributed by atoms with Crippen molar-refractivity contribution < 1.29 is 14.6 Å². The van der Waals surface area contributed by atoms with Crippen molar-refractivity contribution in [1.82, 2.24) is 9.80 Å². The third-order valence-electron chi connectivity index (χ3n) is 4.13. The summed E-state index contributed by atoms with van der Waals surface area (Å²) >= 11 is 1.57. The molecule has 0 unspecified atom stereocenters.